The van der Waals surface area contributed by atoms with Crippen molar-refractivity contribution in [2.24, 2.45) is 17.8 Å². The van der Waals surface area contributed by atoms with Gasteiger partial charge in [0.25, 0.3) is 0 Å². The second-order valence-electron chi connectivity index (χ2n) is 7.79. The molecule has 5 aromatic rings. The maximum atomic E-state index is 6.20. The summed E-state index contributed by atoms with van der Waals surface area (Å²) in [5.41, 5.74) is 13.8. The third-order valence-electron chi connectivity index (χ3n) is 5.75. The van der Waals surface area contributed by atoms with Crippen LogP contribution in [0.4, 0.5) is 0 Å². The monoisotopic (exact) mass is 416 g/mol. The van der Waals surface area contributed by atoms with Gasteiger partial charge in [-0.25, -0.2) is 4.98 Å². The minimum absolute atomic E-state index is 0.531. The Morgan fingerprint density at radius 3 is 2.22 bits per heavy atom. The van der Waals surface area contributed by atoms with Gasteiger partial charge in [0.2, 0.25) is 0 Å². The molecule has 0 aliphatic rings. The number of hydrogen-bond donors (Lipinski definition) is 1. The number of aryl methyl sites for hydroxylation is 1. The van der Waals surface area contributed by atoms with Crippen molar-refractivity contribution in [3.05, 3.63) is 114 Å². The van der Waals surface area contributed by atoms with Crippen molar-refractivity contribution in [1.29, 1.82) is 0 Å². The first kappa shape index (κ1) is 19.8. The SMILES string of the molecule is Cn1c(-c2ccc(-c3ccccc3CN=C(N)c3ccccc3)cc2)nc2ccccc21. The van der Waals surface area contributed by atoms with Crippen LogP contribution in [0.5, 0.6) is 0 Å². The molecule has 0 aliphatic heterocycles. The van der Waals surface area contributed by atoms with Crippen LogP contribution in [0, 0.1) is 0 Å². The van der Waals surface area contributed by atoms with Crippen molar-refractivity contribution in [2.45, 2.75) is 6.54 Å². The van der Waals surface area contributed by atoms with Crippen LogP contribution in [0.15, 0.2) is 108 Å². The second-order valence-corrected chi connectivity index (χ2v) is 7.79. The van der Waals surface area contributed by atoms with Gasteiger partial charge in [-0.2, -0.15) is 0 Å². The highest BCUT2D eigenvalue weighted by Gasteiger charge is 2.10. The lowest BCUT2D eigenvalue weighted by molar-refractivity contribution is 0.959. The minimum Gasteiger partial charge on any atom is -0.383 e. The van der Waals surface area contributed by atoms with Gasteiger partial charge in [0, 0.05) is 18.2 Å². The highest BCUT2D eigenvalue weighted by Crippen LogP contribution is 2.29. The maximum Gasteiger partial charge on any atom is 0.140 e. The van der Waals surface area contributed by atoms with Crippen LogP contribution >= 0.6 is 0 Å². The van der Waals surface area contributed by atoms with E-state index in [2.05, 4.69) is 65.1 Å². The number of aromatic nitrogens is 2. The fraction of sp³-hybridized carbons (Fsp3) is 0.0714. The zero-order chi connectivity index (χ0) is 21.9. The molecule has 0 amide bonds. The van der Waals surface area contributed by atoms with Crippen molar-refractivity contribution < 1.29 is 0 Å². The summed E-state index contributed by atoms with van der Waals surface area (Å²) >= 11 is 0. The number of para-hydroxylation sites is 2. The van der Waals surface area contributed by atoms with Crippen LogP contribution in [-0.4, -0.2) is 15.4 Å². The third kappa shape index (κ3) is 3.79. The van der Waals surface area contributed by atoms with E-state index >= 15 is 0 Å². The van der Waals surface area contributed by atoms with Gasteiger partial charge in [-0.05, 0) is 28.8 Å². The van der Waals surface area contributed by atoms with Crippen molar-refractivity contribution in [2.75, 3.05) is 0 Å². The van der Waals surface area contributed by atoms with Gasteiger partial charge in [-0.15, -0.1) is 0 Å². The lowest BCUT2D eigenvalue weighted by Gasteiger charge is -2.10. The summed E-state index contributed by atoms with van der Waals surface area (Å²) in [6.07, 6.45) is 0. The molecule has 1 aromatic heterocycles. The number of nitrogens with two attached hydrogens (primary N) is 1. The molecule has 4 aromatic carbocycles. The van der Waals surface area contributed by atoms with E-state index in [-0.39, 0.29) is 0 Å². The van der Waals surface area contributed by atoms with Crippen LogP contribution in [-0.2, 0) is 13.6 Å². The normalized spacial score (nSPS) is 11.7. The minimum atomic E-state index is 0.531. The second kappa shape index (κ2) is 8.52. The molecule has 4 heteroatoms. The van der Waals surface area contributed by atoms with Gasteiger partial charge in [0.05, 0.1) is 17.6 Å². The Morgan fingerprint density at radius 2 is 1.44 bits per heavy atom. The summed E-state index contributed by atoms with van der Waals surface area (Å²) in [6.45, 7) is 0.531. The van der Waals surface area contributed by atoms with Gasteiger partial charge in [-0.1, -0.05) is 91.0 Å². The van der Waals surface area contributed by atoms with Crippen molar-refractivity contribution in [3.8, 4) is 22.5 Å². The van der Waals surface area contributed by atoms with Crippen molar-refractivity contribution in [1.82, 2.24) is 9.55 Å². The van der Waals surface area contributed by atoms with E-state index in [0.717, 1.165) is 44.7 Å². The summed E-state index contributed by atoms with van der Waals surface area (Å²) in [6, 6.07) is 35.0. The molecule has 0 fully saturated rings. The van der Waals surface area contributed by atoms with Crippen molar-refractivity contribution in [3.63, 3.8) is 0 Å². The fourth-order valence-corrected chi connectivity index (χ4v) is 4.01. The topological polar surface area (TPSA) is 56.2 Å². The van der Waals surface area contributed by atoms with Gasteiger partial charge in [0.1, 0.15) is 11.7 Å². The molecule has 0 saturated heterocycles. The first-order chi connectivity index (χ1) is 15.7. The average molecular weight is 417 g/mol. The zero-order valence-corrected chi connectivity index (χ0v) is 17.9. The largest absolute Gasteiger partial charge is 0.383 e. The number of benzene rings is 4. The van der Waals surface area contributed by atoms with E-state index in [1.54, 1.807) is 0 Å². The number of fused-ring (bicyclic) bond motifs is 1. The number of nitrogens with zero attached hydrogens (tertiary/aromatic N) is 3. The maximum absolute atomic E-state index is 6.20. The average Bonchev–Trinajstić information content (AvgIpc) is 3.20. The molecule has 0 atom stereocenters. The predicted octanol–water partition coefficient (Wildman–Crippen LogP) is 5.81. The molecule has 0 bridgehead atoms. The Bertz CT molecular complexity index is 1400. The van der Waals surface area contributed by atoms with Gasteiger partial charge in [0.15, 0.2) is 0 Å². The highest BCUT2D eigenvalue weighted by atomic mass is 15.1. The van der Waals surface area contributed by atoms with Crippen molar-refractivity contribution >= 4 is 16.9 Å². The Labute approximate surface area is 187 Å². The lowest BCUT2D eigenvalue weighted by atomic mass is 9.98. The summed E-state index contributed by atoms with van der Waals surface area (Å²) in [4.78, 5) is 9.44. The van der Waals surface area contributed by atoms with Crippen LogP contribution in [0.2, 0.25) is 0 Å². The molecular weight excluding hydrogens is 392 g/mol. The van der Waals surface area contributed by atoms with E-state index in [1.165, 1.54) is 0 Å². The summed E-state index contributed by atoms with van der Waals surface area (Å²) in [5, 5.41) is 0. The number of rotatable bonds is 5. The van der Waals surface area contributed by atoms with E-state index in [4.69, 9.17) is 10.7 Å². The molecule has 156 valence electrons. The molecule has 32 heavy (non-hydrogen) atoms. The highest BCUT2D eigenvalue weighted by molar-refractivity contribution is 5.97. The Balaban J connectivity index is 1.44. The molecule has 0 aliphatic carbocycles. The molecule has 4 nitrogen and oxygen atoms in total. The Hall–Kier alpha value is -4.18. The molecule has 0 radical (unpaired) electrons. The Morgan fingerprint density at radius 1 is 0.781 bits per heavy atom. The molecule has 0 spiro atoms. The molecule has 1 heterocycles. The van der Waals surface area contributed by atoms with Gasteiger partial charge in [-0.3, -0.25) is 4.99 Å². The van der Waals surface area contributed by atoms with Crippen LogP contribution in [0.1, 0.15) is 11.1 Å². The summed E-state index contributed by atoms with van der Waals surface area (Å²) in [5.74, 6) is 1.52. The fourth-order valence-electron chi connectivity index (χ4n) is 4.01. The quantitative estimate of drug-likeness (QED) is 0.290. The van der Waals surface area contributed by atoms with E-state index in [0.29, 0.717) is 12.4 Å². The van der Waals surface area contributed by atoms with Crippen LogP contribution in [0.3, 0.4) is 0 Å². The van der Waals surface area contributed by atoms with Crippen LogP contribution in [0.25, 0.3) is 33.5 Å². The molecule has 2 N–H and O–H groups in total. The molecule has 0 saturated carbocycles. The number of amidine groups is 1. The molecular formula is C28H24N4. The molecule has 5 rings (SSSR count). The molecule has 0 unspecified atom stereocenters. The number of hydrogen-bond acceptors (Lipinski definition) is 2. The zero-order valence-electron chi connectivity index (χ0n) is 17.9. The number of aliphatic imine (C=N–C) groups is 1. The smallest absolute Gasteiger partial charge is 0.140 e. The van der Waals surface area contributed by atoms with Crippen LogP contribution < -0.4 is 5.73 Å². The predicted molar refractivity (Wildman–Crippen MR) is 132 cm³/mol. The third-order valence-corrected chi connectivity index (χ3v) is 5.75. The Kier molecular flexibility index (Phi) is 5.26. The van der Waals surface area contributed by atoms with Gasteiger partial charge >= 0.3 is 0 Å². The first-order valence-corrected chi connectivity index (χ1v) is 10.7. The van der Waals surface area contributed by atoms with E-state index in [1.807, 2.05) is 54.6 Å². The summed E-state index contributed by atoms with van der Waals surface area (Å²) in [7, 11) is 2.06. The number of imidazole rings is 1. The van der Waals surface area contributed by atoms with E-state index in [9.17, 15) is 0 Å². The first-order valence-electron chi connectivity index (χ1n) is 10.7. The van der Waals surface area contributed by atoms with Gasteiger partial charge < -0.3 is 10.3 Å². The lowest BCUT2D eigenvalue weighted by Crippen LogP contribution is -2.13. The standard InChI is InChI=1S/C28H24N4/c1-32-26-14-8-7-13-25(26)31-28(32)22-17-15-20(16-18-22)24-12-6-5-11-23(24)19-30-27(29)21-9-3-2-4-10-21/h2-18H,19H2,1H3,(H2,29,30). The summed E-state index contributed by atoms with van der Waals surface area (Å²) < 4.78 is 2.14. The van der Waals surface area contributed by atoms with E-state index < -0.39 is 0 Å².